The molecule has 2 rings (SSSR count). The summed E-state index contributed by atoms with van der Waals surface area (Å²) in [5.41, 5.74) is 2.94. The van der Waals surface area contributed by atoms with Gasteiger partial charge in [-0.3, -0.25) is 4.99 Å². The predicted molar refractivity (Wildman–Crippen MR) is 65.4 cm³/mol. The summed E-state index contributed by atoms with van der Waals surface area (Å²) in [6.45, 7) is 4.07. The number of nitrogens with zero attached hydrogens (tertiary/aromatic N) is 2. The Balaban J connectivity index is 2.49. The van der Waals surface area contributed by atoms with E-state index < -0.39 is 0 Å². The normalized spacial score (nSPS) is 22.9. The number of aliphatic imine (C=N–C) groups is 1. The van der Waals surface area contributed by atoms with Gasteiger partial charge in [-0.05, 0) is 31.1 Å². The molecular weight excluding hydrogens is 196 g/mol. The van der Waals surface area contributed by atoms with Crippen molar-refractivity contribution in [1.82, 2.24) is 0 Å². The summed E-state index contributed by atoms with van der Waals surface area (Å²) in [6, 6.07) is 10.2. The predicted octanol–water partition coefficient (Wildman–Crippen LogP) is 3.00. The van der Waals surface area contributed by atoms with Gasteiger partial charge in [-0.15, -0.1) is 0 Å². The molecule has 0 spiro atoms. The molecule has 1 aliphatic heterocycles. The van der Waals surface area contributed by atoms with Crippen molar-refractivity contribution < 1.29 is 0 Å². The average molecular weight is 210 g/mol. The third kappa shape index (κ3) is 1.77. The quantitative estimate of drug-likeness (QED) is 0.739. The largest absolute Gasteiger partial charge is 0.275 e. The molecule has 0 bridgehead atoms. The molecule has 0 amide bonds. The molecule has 0 aliphatic carbocycles. The van der Waals surface area contributed by atoms with Crippen molar-refractivity contribution in [2.24, 2.45) is 4.99 Å². The summed E-state index contributed by atoms with van der Waals surface area (Å²) < 4.78 is 0. The first-order chi connectivity index (χ1) is 7.65. The van der Waals surface area contributed by atoms with E-state index in [1.165, 1.54) is 0 Å². The number of rotatable bonds is 2. The number of benzene rings is 1. The molecular formula is C14H14N2. The summed E-state index contributed by atoms with van der Waals surface area (Å²) in [6.07, 6.45) is 4.57. The number of hydrogen-bond donors (Lipinski definition) is 0. The minimum Gasteiger partial charge on any atom is -0.275 e. The van der Waals surface area contributed by atoms with Gasteiger partial charge < -0.3 is 0 Å². The monoisotopic (exact) mass is 210 g/mol. The Morgan fingerprint density at radius 2 is 2.12 bits per heavy atom. The molecule has 0 saturated carbocycles. The molecule has 1 unspecified atom stereocenters. The van der Waals surface area contributed by atoms with E-state index in [0.29, 0.717) is 6.42 Å². The van der Waals surface area contributed by atoms with Crippen molar-refractivity contribution in [1.29, 1.82) is 5.26 Å². The molecule has 16 heavy (non-hydrogen) atoms. The van der Waals surface area contributed by atoms with E-state index in [4.69, 9.17) is 5.26 Å². The zero-order chi connectivity index (χ0) is 11.6. The Kier molecular flexibility index (Phi) is 2.62. The fourth-order valence-corrected chi connectivity index (χ4v) is 2.13. The summed E-state index contributed by atoms with van der Waals surface area (Å²) in [7, 11) is 0. The Bertz CT molecular complexity index is 506. The Hall–Kier alpha value is -1.88. The lowest BCUT2D eigenvalue weighted by molar-refractivity contribution is 0.639. The molecule has 1 heterocycles. The van der Waals surface area contributed by atoms with Crippen LogP contribution in [-0.2, 0) is 12.0 Å². The lowest BCUT2D eigenvalue weighted by Crippen LogP contribution is -2.16. The van der Waals surface area contributed by atoms with Crippen molar-refractivity contribution in [2.45, 2.75) is 25.8 Å². The summed E-state index contributed by atoms with van der Waals surface area (Å²) in [5, 5.41) is 8.82. The minimum absolute atomic E-state index is 0.294. The van der Waals surface area contributed by atoms with Crippen LogP contribution in [-0.4, -0.2) is 5.71 Å². The van der Waals surface area contributed by atoms with Crippen molar-refractivity contribution in [3.05, 3.63) is 47.5 Å². The molecule has 0 radical (unpaired) electrons. The van der Waals surface area contributed by atoms with Crippen molar-refractivity contribution in [3.8, 4) is 6.07 Å². The van der Waals surface area contributed by atoms with Crippen LogP contribution in [0.4, 0.5) is 0 Å². The first-order valence-electron chi connectivity index (χ1n) is 5.37. The van der Waals surface area contributed by atoms with E-state index >= 15 is 0 Å². The van der Waals surface area contributed by atoms with Gasteiger partial charge in [-0.25, -0.2) is 0 Å². The van der Waals surface area contributed by atoms with Crippen LogP contribution < -0.4 is 0 Å². The van der Waals surface area contributed by atoms with E-state index in [0.717, 1.165) is 16.8 Å². The SMILES string of the molecule is CC1=NC(C)(c2ccccc2CC#N)C=C1. The van der Waals surface area contributed by atoms with Crippen LogP contribution in [0.25, 0.3) is 0 Å². The number of nitriles is 1. The Labute approximate surface area is 95.9 Å². The highest BCUT2D eigenvalue weighted by atomic mass is 14.9. The van der Waals surface area contributed by atoms with Crippen LogP contribution in [0.1, 0.15) is 25.0 Å². The van der Waals surface area contributed by atoms with E-state index in [1.54, 1.807) is 0 Å². The van der Waals surface area contributed by atoms with Crippen molar-refractivity contribution in [3.63, 3.8) is 0 Å². The molecule has 80 valence electrons. The third-order valence-electron chi connectivity index (χ3n) is 2.89. The van der Waals surface area contributed by atoms with Crippen LogP contribution in [0.5, 0.6) is 0 Å². The van der Waals surface area contributed by atoms with Gasteiger partial charge in [-0.1, -0.05) is 30.3 Å². The molecule has 1 aliphatic rings. The minimum atomic E-state index is -0.294. The second kappa shape index (κ2) is 3.94. The maximum absolute atomic E-state index is 8.82. The van der Waals surface area contributed by atoms with Gasteiger partial charge in [0.25, 0.3) is 0 Å². The number of allylic oxidation sites excluding steroid dienone is 1. The first kappa shape index (κ1) is 10.6. The second-order valence-electron chi connectivity index (χ2n) is 4.23. The highest BCUT2D eigenvalue weighted by molar-refractivity contribution is 5.95. The third-order valence-corrected chi connectivity index (χ3v) is 2.89. The fraction of sp³-hybridized carbons (Fsp3) is 0.286. The molecule has 1 aromatic rings. The molecule has 2 nitrogen and oxygen atoms in total. The van der Waals surface area contributed by atoms with Gasteiger partial charge >= 0.3 is 0 Å². The van der Waals surface area contributed by atoms with Crippen LogP contribution >= 0.6 is 0 Å². The van der Waals surface area contributed by atoms with Gasteiger partial charge in [0.1, 0.15) is 5.54 Å². The van der Waals surface area contributed by atoms with E-state index in [-0.39, 0.29) is 5.54 Å². The lowest BCUT2D eigenvalue weighted by atomic mass is 9.88. The highest BCUT2D eigenvalue weighted by Crippen LogP contribution is 2.33. The molecule has 1 aromatic carbocycles. The van der Waals surface area contributed by atoms with E-state index in [9.17, 15) is 0 Å². The molecule has 2 heteroatoms. The Morgan fingerprint density at radius 1 is 1.38 bits per heavy atom. The smallest absolute Gasteiger partial charge is 0.102 e. The maximum Gasteiger partial charge on any atom is 0.102 e. The van der Waals surface area contributed by atoms with Gasteiger partial charge in [0.15, 0.2) is 0 Å². The number of hydrogen-bond acceptors (Lipinski definition) is 2. The molecule has 0 aromatic heterocycles. The zero-order valence-electron chi connectivity index (χ0n) is 9.57. The zero-order valence-corrected chi connectivity index (χ0v) is 9.57. The van der Waals surface area contributed by atoms with Gasteiger partial charge in [0.05, 0.1) is 12.5 Å². The summed E-state index contributed by atoms with van der Waals surface area (Å²) >= 11 is 0. The molecule has 0 N–H and O–H groups in total. The van der Waals surface area contributed by atoms with Crippen LogP contribution in [0.2, 0.25) is 0 Å². The van der Waals surface area contributed by atoms with Crippen LogP contribution in [0.15, 0.2) is 41.4 Å². The molecule has 1 atom stereocenters. The molecule has 0 saturated heterocycles. The first-order valence-corrected chi connectivity index (χ1v) is 5.37. The standard InChI is InChI=1S/C14H14N2/c1-11-7-9-14(2,16-11)13-6-4-3-5-12(13)8-10-15/h3-7,9H,8H2,1-2H3. The topological polar surface area (TPSA) is 36.1 Å². The summed E-state index contributed by atoms with van der Waals surface area (Å²) in [5.74, 6) is 0. The van der Waals surface area contributed by atoms with E-state index in [1.807, 2.05) is 31.2 Å². The van der Waals surface area contributed by atoms with Crippen molar-refractivity contribution in [2.75, 3.05) is 0 Å². The maximum atomic E-state index is 8.82. The second-order valence-corrected chi connectivity index (χ2v) is 4.23. The van der Waals surface area contributed by atoms with Crippen LogP contribution in [0.3, 0.4) is 0 Å². The van der Waals surface area contributed by atoms with Gasteiger partial charge in [0, 0.05) is 5.71 Å². The van der Waals surface area contributed by atoms with Crippen LogP contribution in [0, 0.1) is 11.3 Å². The van der Waals surface area contributed by atoms with Crippen molar-refractivity contribution >= 4 is 5.71 Å². The van der Waals surface area contributed by atoms with Gasteiger partial charge in [-0.2, -0.15) is 5.26 Å². The van der Waals surface area contributed by atoms with Gasteiger partial charge in [0.2, 0.25) is 0 Å². The molecule has 0 fully saturated rings. The summed E-state index contributed by atoms with van der Waals surface area (Å²) in [4.78, 5) is 4.63. The van der Waals surface area contributed by atoms with E-state index in [2.05, 4.69) is 30.1 Å². The highest BCUT2D eigenvalue weighted by Gasteiger charge is 2.27. The fourth-order valence-electron chi connectivity index (χ4n) is 2.13. The Morgan fingerprint density at radius 3 is 2.75 bits per heavy atom. The lowest BCUT2D eigenvalue weighted by Gasteiger charge is -2.21. The average Bonchev–Trinajstić information content (AvgIpc) is 2.61.